The Morgan fingerprint density at radius 1 is 1.31 bits per heavy atom. The summed E-state index contributed by atoms with van der Waals surface area (Å²) >= 11 is 0. The molecule has 1 spiro atoms. The molecule has 1 amide bonds. The second-order valence-electron chi connectivity index (χ2n) is 9.50. The third-order valence-electron chi connectivity index (χ3n) is 7.46. The van der Waals surface area contributed by atoms with Crippen LogP contribution in [0.2, 0.25) is 0 Å². The molecule has 5 rings (SSSR count). The van der Waals surface area contributed by atoms with E-state index in [-0.39, 0.29) is 36.4 Å². The van der Waals surface area contributed by atoms with Crippen molar-refractivity contribution in [3.63, 3.8) is 0 Å². The van der Waals surface area contributed by atoms with Gasteiger partial charge in [-0.05, 0) is 38.7 Å². The van der Waals surface area contributed by atoms with Crippen LogP contribution in [-0.4, -0.2) is 55.7 Å². The SMILES string of the molecule is C[C@@]1(CCC(=O)O)Oc2ccccc2[C@@H]2OC[C@]3(CCCN3C(=O)Cn3ccnc3)C[C@H]21. The van der Waals surface area contributed by atoms with Crippen LogP contribution in [0, 0.1) is 5.92 Å². The largest absolute Gasteiger partial charge is 0.487 e. The highest BCUT2D eigenvalue weighted by molar-refractivity contribution is 5.77. The van der Waals surface area contributed by atoms with Gasteiger partial charge in [-0.15, -0.1) is 0 Å². The van der Waals surface area contributed by atoms with Crippen LogP contribution in [-0.2, 0) is 20.9 Å². The predicted molar refractivity (Wildman–Crippen MR) is 115 cm³/mol. The van der Waals surface area contributed by atoms with Gasteiger partial charge >= 0.3 is 5.97 Å². The summed E-state index contributed by atoms with van der Waals surface area (Å²) in [6.45, 7) is 3.44. The molecule has 1 N–H and O–H groups in total. The third-order valence-corrected chi connectivity index (χ3v) is 7.46. The van der Waals surface area contributed by atoms with E-state index in [1.165, 1.54) is 0 Å². The van der Waals surface area contributed by atoms with Crippen molar-refractivity contribution in [2.45, 2.75) is 62.8 Å². The Balaban J connectivity index is 1.45. The number of aromatic nitrogens is 2. The number of benzene rings is 1. The molecule has 4 heterocycles. The first-order valence-electron chi connectivity index (χ1n) is 11.3. The van der Waals surface area contributed by atoms with E-state index in [4.69, 9.17) is 9.47 Å². The molecule has 0 radical (unpaired) electrons. The summed E-state index contributed by atoms with van der Waals surface area (Å²) in [5, 5.41) is 9.35. The number of aliphatic carboxylic acids is 1. The van der Waals surface area contributed by atoms with Gasteiger partial charge in [0.1, 0.15) is 17.9 Å². The van der Waals surface area contributed by atoms with Crippen molar-refractivity contribution in [1.29, 1.82) is 0 Å². The van der Waals surface area contributed by atoms with Crippen LogP contribution < -0.4 is 4.74 Å². The second-order valence-corrected chi connectivity index (χ2v) is 9.50. The number of carbonyl (C=O) groups is 2. The molecule has 1 aromatic carbocycles. The second kappa shape index (κ2) is 7.92. The Morgan fingerprint density at radius 2 is 2.16 bits per heavy atom. The van der Waals surface area contributed by atoms with Crippen LogP contribution in [0.5, 0.6) is 5.75 Å². The Morgan fingerprint density at radius 3 is 2.94 bits per heavy atom. The molecule has 4 atom stereocenters. The van der Waals surface area contributed by atoms with Gasteiger partial charge in [0.2, 0.25) is 5.91 Å². The maximum Gasteiger partial charge on any atom is 0.303 e. The number of para-hydroxylation sites is 1. The van der Waals surface area contributed by atoms with E-state index in [0.29, 0.717) is 19.6 Å². The van der Waals surface area contributed by atoms with E-state index in [0.717, 1.165) is 30.6 Å². The summed E-state index contributed by atoms with van der Waals surface area (Å²) in [4.78, 5) is 30.6. The summed E-state index contributed by atoms with van der Waals surface area (Å²) in [5.74, 6) is -0.0641. The van der Waals surface area contributed by atoms with Crippen LogP contribution in [0.3, 0.4) is 0 Å². The minimum atomic E-state index is -0.838. The number of nitrogens with zero attached hydrogens (tertiary/aromatic N) is 3. The number of likely N-dealkylation sites (tertiary alicyclic amines) is 1. The maximum atomic E-state index is 13.2. The Kier molecular flexibility index (Phi) is 5.20. The first-order chi connectivity index (χ1) is 15.4. The van der Waals surface area contributed by atoms with E-state index in [1.807, 2.05) is 36.1 Å². The summed E-state index contributed by atoms with van der Waals surface area (Å²) in [6.07, 6.45) is 7.91. The molecule has 32 heavy (non-hydrogen) atoms. The lowest BCUT2D eigenvalue weighted by Crippen LogP contribution is -2.60. The summed E-state index contributed by atoms with van der Waals surface area (Å²) in [6, 6.07) is 7.85. The van der Waals surface area contributed by atoms with Crippen molar-refractivity contribution in [2.24, 2.45) is 5.92 Å². The van der Waals surface area contributed by atoms with Gasteiger partial charge in [0.25, 0.3) is 0 Å². The van der Waals surface area contributed by atoms with E-state index < -0.39 is 11.6 Å². The average molecular weight is 440 g/mol. The zero-order chi connectivity index (χ0) is 22.3. The smallest absolute Gasteiger partial charge is 0.303 e. The minimum absolute atomic E-state index is 0.0260. The average Bonchev–Trinajstić information content (AvgIpc) is 3.43. The normalized spacial score (nSPS) is 31.1. The van der Waals surface area contributed by atoms with Gasteiger partial charge in [0.05, 0.1) is 24.6 Å². The van der Waals surface area contributed by atoms with Gasteiger partial charge in [0, 0.05) is 36.8 Å². The minimum Gasteiger partial charge on any atom is -0.487 e. The molecule has 3 aliphatic rings. The molecule has 1 aromatic heterocycles. The molecule has 2 aromatic rings. The molecule has 0 saturated carbocycles. The number of fused-ring (bicyclic) bond motifs is 3. The van der Waals surface area contributed by atoms with Crippen LogP contribution in [0.4, 0.5) is 0 Å². The summed E-state index contributed by atoms with van der Waals surface area (Å²) in [5.41, 5.74) is -0.0692. The molecule has 3 aliphatic heterocycles. The van der Waals surface area contributed by atoms with Crippen molar-refractivity contribution in [3.8, 4) is 5.75 Å². The molecule has 2 fully saturated rings. The van der Waals surface area contributed by atoms with E-state index in [9.17, 15) is 14.7 Å². The highest BCUT2D eigenvalue weighted by Crippen LogP contribution is 2.55. The number of ether oxygens (including phenoxy) is 2. The van der Waals surface area contributed by atoms with Crippen LogP contribution in [0.25, 0.3) is 0 Å². The first kappa shape index (κ1) is 21.0. The van der Waals surface area contributed by atoms with Crippen LogP contribution in [0.1, 0.15) is 50.7 Å². The number of carboxylic acids is 1. The van der Waals surface area contributed by atoms with Gasteiger partial charge in [-0.3, -0.25) is 9.59 Å². The molecule has 8 heteroatoms. The Labute approximate surface area is 187 Å². The van der Waals surface area contributed by atoms with E-state index >= 15 is 0 Å². The Bertz CT molecular complexity index is 1010. The van der Waals surface area contributed by atoms with Crippen molar-refractivity contribution in [2.75, 3.05) is 13.2 Å². The van der Waals surface area contributed by atoms with Crippen molar-refractivity contribution < 1.29 is 24.2 Å². The van der Waals surface area contributed by atoms with Crippen LogP contribution >= 0.6 is 0 Å². The molecule has 2 saturated heterocycles. The predicted octanol–water partition coefficient (Wildman–Crippen LogP) is 3.04. The molecular weight excluding hydrogens is 410 g/mol. The first-order valence-corrected chi connectivity index (χ1v) is 11.3. The lowest BCUT2D eigenvalue weighted by Gasteiger charge is -2.54. The van der Waals surface area contributed by atoms with Crippen molar-refractivity contribution >= 4 is 11.9 Å². The van der Waals surface area contributed by atoms with Crippen molar-refractivity contribution in [3.05, 3.63) is 48.5 Å². The van der Waals surface area contributed by atoms with E-state index in [2.05, 4.69) is 4.98 Å². The number of imidazole rings is 1. The number of hydrogen-bond acceptors (Lipinski definition) is 5. The third kappa shape index (κ3) is 3.56. The standard InChI is InChI=1S/C24H29N3O5/c1-23(9-7-21(29)30)18-13-24(15-31-22(18)17-5-2-3-6-19(17)32-23)8-4-11-27(24)20(28)14-26-12-10-25-16-26/h2-3,5-6,10,12,16,18,22H,4,7-9,11,13-15H2,1H3,(H,29,30)/t18-,22+,23+,24+/m1/s1. The Hall–Kier alpha value is -2.87. The van der Waals surface area contributed by atoms with Gasteiger partial charge in [-0.2, -0.15) is 0 Å². The lowest BCUT2D eigenvalue weighted by molar-refractivity contribution is -0.180. The maximum absolute atomic E-state index is 13.2. The zero-order valence-corrected chi connectivity index (χ0v) is 18.3. The molecular formula is C24H29N3O5. The molecule has 170 valence electrons. The number of rotatable bonds is 5. The molecule has 8 nitrogen and oxygen atoms in total. The number of amides is 1. The lowest BCUT2D eigenvalue weighted by atomic mass is 9.68. The van der Waals surface area contributed by atoms with Gasteiger partial charge in [-0.1, -0.05) is 18.2 Å². The molecule has 0 unspecified atom stereocenters. The van der Waals surface area contributed by atoms with Gasteiger partial charge < -0.3 is 24.0 Å². The molecule has 0 aliphatic carbocycles. The topological polar surface area (TPSA) is 93.9 Å². The number of hydrogen-bond donors (Lipinski definition) is 1. The highest BCUT2D eigenvalue weighted by atomic mass is 16.5. The summed E-state index contributed by atoms with van der Waals surface area (Å²) < 4.78 is 14.8. The van der Waals surface area contributed by atoms with E-state index in [1.54, 1.807) is 23.3 Å². The highest BCUT2D eigenvalue weighted by Gasteiger charge is 2.57. The molecule has 0 bridgehead atoms. The van der Waals surface area contributed by atoms with Gasteiger partial charge in [0.15, 0.2) is 0 Å². The fourth-order valence-electron chi connectivity index (χ4n) is 5.82. The fraction of sp³-hybridized carbons (Fsp3) is 0.542. The van der Waals surface area contributed by atoms with Gasteiger partial charge in [-0.25, -0.2) is 4.98 Å². The number of carbonyl (C=O) groups excluding carboxylic acids is 1. The zero-order valence-electron chi connectivity index (χ0n) is 18.3. The van der Waals surface area contributed by atoms with Crippen LogP contribution in [0.15, 0.2) is 43.0 Å². The number of carboxylic acid groups (broad SMARTS) is 1. The summed E-state index contributed by atoms with van der Waals surface area (Å²) in [7, 11) is 0. The van der Waals surface area contributed by atoms with Crippen molar-refractivity contribution in [1.82, 2.24) is 14.5 Å². The monoisotopic (exact) mass is 439 g/mol. The fourth-order valence-corrected chi connectivity index (χ4v) is 5.82. The quantitative estimate of drug-likeness (QED) is 0.770.